The Kier molecular flexibility index (Phi) is 5.17. The largest absolute Gasteiger partial charge is 0.508 e. The van der Waals surface area contributed by atoms with Gasteiger partial charge in [-0.05, 0) is 61.4 Å². The van der Waals surface area contributed by atoms with Gasteiger partial charge in [0.2, 0.25) is 0 Å². The van der Waals surface area contributed by atoms with E-state index in [0.717, 1.165) is 17.5 Å². The molecule has 0 radical (unpaired) electrons. The monoisotopic (exact) mass is 251 g/mol. The lowest BCUT2D eigenvalue weighted by molar-refractivity contribution is 0.126. The van der Waals surface area contributed by atoms with Crippen LogP contribution >= 0.6 is 0 Å². The summed E-state index contributed by atoms with van der Waals surface area (Å²) in [6.45, 7) is 8.06. The van der Waals surface area contributed by atoms with Gasteiger partial charge in [0, 0.05) is 6.04 Å². The van der Waals surface area contributed by atoms with Crippen molar-refractivity contribution in [3.8, 4) is 5.75 Å². The van der Waals surface area contributed by atoms with Gasteiger partial charge in [-0.25, -0.2) is 0 Å². The van der Waals surface area contributed by atoms with Gasteiger partial charge in [0.1, 0.15) is 5.75 Å². The molecule has 0 amide bonds. The zero-order chi connectivity index (χ0) is 13.9. The highest BCUT2D eigenvalue weighted by Crippen LogP contribution is 2.30. The summed E-state index contributed by atoms with van der Waals surface area (Å²) >= 11 is 0. The number of aliphatic hydroxyl groups is 1. The molecule has 0 aliphatic rings. The molecule has 3 unspecified atom stereocenters. The van der Waals surface area contributed by atoms with E-state index in [1.165, 1.54) is 5.56 Å². The van der Waals surface area contributed by atoms with Crippen molar-refractivity contribution in [3.63, 3.8) is 0 Å². The zero-order valence-corrected chi connectivity index (χ0v) is 11.8. The molecule has 4 N–H and O–H groups in total. The Hall–Kier alpha value is -1.06. The average Bonchev–Trinajstić information content (AvgIpc) is 2.26. The van der Waals surface area contributed by atoms with Crippen LogP contribution in [0.4, 0.5) is 0 Å². The number of hydrogen-bond acceptors (Lipinski definition) is 3. The van der Waals surface area contributed by atoms with Gasteiger partial charge in [-0.15, -0.1) is 0 Å². The van der Waals surface area contributed by atoms with Crippen molar-refractivity contribution in [2.45, 2.75) is 58.6 Å². The highest BCUT2D eigenvalue weighted by molar-refractivity contribution is 5.42. The maximum absolute atomic E-state index is 10.0. The van der Waals surface area contributed by atoms with E-state index in [1.807, 2.05) is 20.8 Å². The van der Waals surface area contributed by atoms with Gasteiger partial charge in [0.15, 0.2) is 0 Å². The molecule has 3 atom stereocenters. The molecule has 3 nitrogen and oxygen atoms in total. The lowest BCUT2D eigenvalue weighted by atomic mass is 9.86. The van der Waals surface area contributed by atoms with Gasteiger partial charge in [0.25, 0.3) is 0 Å². The third-order valence-electron chi connectivity index (χ3n) is 3.63. The Morgan fingerprint density at radius 1 is 1.22 bits per heavy atom. The maximum Gasteiger partial charge on any atom is 0.116 e. The summed E-state index contributed by atoms with van der Waals surface area (Å²) in [6, 6.07) is 3.38. The number of aryl methyl sites for hydroxylation is 2. The molecule has 0 bridgehead atoms. The van der Waals surface area contributed by atoms with E-state index >= 15 is 0 Å². The maximum atomic E-state index is 10.0. The van der Waals surface area contributed by atoms with Crippen molar-refractivity contribution in [3.05, 3.63) is 28.8 Å². The summed E-state index contributed by atoms with van der Waals surface area (Å²) < 4.78 is 0. The molecule has 1 rings (SSSR count). The van der Waals surface area contributed by atoms with Crippen LogP contribution in [0.3, 0.4) is 0 Å². The summed E-state index contributed by atoms with van der Waals surface area (Å²) in [5.41, 5.74) is 9.19. The quantitative estimate of drug-likeness (QED) is 0.753. The van der Waals surface area contributed by atoms with Crippen LogP contribution in [-0.2, 0) is 0 Å². The smallest absolute Gasteiger partial charge is 0.116 e. The second-order valence-electron chi connectivity index (χ2n) is 5.27. The molecule has 0 aliphatic heterocycles. The van der Waals surface area contributed by atoms with Crippen LogP contribution in [0.1, 0.15) is 49.3 Å². The standard InChI is InChI=1S/C15H25NO2/c1-5-13(16)14(18)8-11(4)15-9(2)6-12(17)7-10(15)3/h6-7,11,13-14,17-18H,5,8,16H2,1-4H3. The van der Waals surface area contributed by atoms with Crippen molar-refractivity contribution < 1.29 is 10.2 Å². The van der Waals surface area contributed by atoms with E-state index in [0.29, 0.717) is 12.2 Å². The van der Waals surface area contributed by atoms with Gasteiger partial charge >= 0.3 is 0 Å². The fourth-order valence-electron chi connectivity index (χ4n) is 2.66. The second kappa shape index (κ2) is 6.21. The molecule has 0 fully saturated rings. The van der Waals surface area contributed by atoms with Crippen LogP contribution in [0, 0.1) is 13.8 Å². The van der Waals surface area contributed by atoms with E-state index in [-0.39, 0.29) is 12.0 Å². The van der Waals surface area contributed by atoms with Crippen molar-refractivity contribution in [2.75, 3.05) is 0 Å². The first-order valence-electron chi connectivity index (χ1n) is 6.60. The molecule has 1 aromatic carbocycles. The predicted octanol–water partition coefficient (Wildman–Crippen LogP) is 2.60. The Labute approximate surface area is 110 Å². The van der Waals surface area contributed by atoms with Crippen LogP contribution in [0.15, 0.2) is 12.1 Å². The minimum atomic E-state index is -0.474. The molecule has 0 aromatic heterocycles. The fraction of sp³-hybridized carbons (Fsp3) is 0.600. The summed E-state index contributed by atoms with van der Waals surface area (Å²) in [7, 11) is 0. The molecule has 0 spiro atoms. The third kappa shape index (κ3) is 3.47. The van der Waals surface area contributed by atoms with E-state index in [2.05, 4.69) is 6.92 Å². The molecule has 3 heteroatoms. The topological polar surface area (TPSA) is 66.5 Å². The first-order valence-corrected chi connectivity index (χ1v) is 6.60. The van der Waals surface area contributed by atoms with Gasteiger partial charge in [-0.2, -0.15) is 0 Å². The fourth-order valence-corrected chi connectivity index (χ4v) is 2.66. The van der Waals surface area contributed by atoms with Gasteiger partial charge in [-0.1, -0.05) is 13.8 Å². The van der Waals surface area contributed by atoms with E-state index in [9.17, 15) is 10.2 Å². The highest BCUT2D eigenvalue weighted by Gasteiger charge is 2.20. The number of hydrogen-bond donors (Lipinski definition) is 3. The van der Waals surface area contributed by atoms with E-state index in [4.69, 9.17) is 5.73 Å². The Balaban J connectivity index is 2.88. The second-order valence-corrected chi connectivity index (χ2v) is 5.27. The van der Waals surface area contributed by atoms with E-state index in [1.54, 1.807) is 12.1 Å². The first kappa shape index (κ1) is 15.0. The van der Waals surface area contributed by atoms with Crippen LogP contribution in [-0.4, -0.2) is 22.4 Å². The average molecular weight is 251 g/mol. The highest BCUT2D eigenvalue weighted by atomic mass is 16.3. The number of benzene rings is 1. The number of phenolic OH excluding ortho intramolecular Hbond substituents is 1. The summed E-state index contributed by atoms with van der Waals surface area (Å²) in [5.74, 6) is 0.532. The van der Waals surface area contributed by atoms with Crippen LogP contribution in [0.5, 0.6) is 5.75 Å². The van der Waals surface area contributed by atoms with Gasteiger partial charge < -0.3 is 15.9 Å². The number of phenols is 1. The summed E-state index contributed by atoms with van der Waals surface area (Å²) in [4.78, 5) is 0. The molecule has 0 heterocycles. The molecular weight excluding hydrogens is 226 g/mol. The molecule has 102 valence electrons. The molecule has 18 heavy (non-hydrogen) atoms. The Bertz CT molecular complexity index is 380. The third-order valence-corrected chi connectivity index (χ3v) is 3.63. The van der Waals surface area contributed by atoms with Gasteiger partial charge in [0.05, 0.1) is 6.10 Å². The SMILES string of the molecule is CCC(N)C(O)CC(C)c1c(C)cc(O)cc1C. The van der Waals surface area contributed by atoms with Crippen LogP contribution < -0.4 is 5.73 Å². The Morgan fingerprint density at radius 3 is 2.17 bits per heavy atom. The number of rotatable bonds is 5. The molecule has 0 aliphatic carbocycles. The first-order chi connectivity index (χ1) is 8.36. The minimum Gasteiger partial charge on any atom is -0.508 e. The van der Waals surface area contributed by atoms with Crippen molar-refractivity contribution in [2.24, 2.45) is 5.73 Å². The molecule has 0 saturated heterocycles. The lowest BCUT2D eigenvalue weighted by Crippen LogP contribution is -2.34. The van der Waals surface area contributed by atoms with Crippen molar-refractivity contribution in [1.82, 2.24) is 0 Å². The zero-order valence-electron chi connectivity index (χ0n) is 11.8. The Morgan fingerprint density at radius 2 is 1.72 bits per heavy atom. The van der Waals surface area contributed by atoms with Crippen molar-refractivity contribution in [1.29, 1.82) is 0 Å². The van der Waals surface area contributed by atoms with E-state index < -0.39 is 6.10 Å². The molecular formula is C15H25NO2. The van der Waals surface area contributed by atoms with Crippen molar-refractivity contribution >= 4 is 0 Å². The molecule has 0 saturated carbocycles. The van der Waals surface area contributed by atoms with Crippen LogP contribution in [0.25, 0.3) is 0 Å². The van der Waals surface area contributed by atoms with Crippen LogP contribution in [0.2, 0.25) is 0 Å². The lowest BCUT2D eigenvalue weighted by Gasteiger charge is -2.23. The van der Waals surface area contributed by atoms with Gasteiger partial charge in [-0.3, -0.25) is 0 Å². The summed E-state index contributed by atoms with van der Waals surface area (Å²) in [5, 5.41) is 19.6. The minimum absolute atomic E-state index is 0.162. The number of nitrogens with two attached hydrogens (primary N) is 1. The normalized spacial score (nSPS) is 16.3. The predicted molar refractivity (Wildman–Crippen MR) is 74.9 cm³/mol. The number of aromatic hydroxyl groups is 1. The molecule has 1 aromatic rings. The number of aliphatic hydroxyl groups excluding tert-OH is 1. The summed E-state index contributed by atoms with van der Waals surface area (Å²) in [6.07, 6.45) is 0.959.